The maximum Gasteiger partial charge on any atom is 0.295 e. The number of benzene rings is 2. The van der Waals surface area contributed by atoms with Gasteiger partial charge >= 0.3 is 0 Å². The van der Waals surface area contributed by atoms with E-state index in [1.807, 2.05) is 4.90 Å². The molecule has 0 spiro atoms. The Morgan fingerprint density at radius 1 is 1.00 bits per heavy atom. The van der Waals surface area contributed by atoms with Crippen molar-refractivity contribution < 1.29 is 19.0 Å². The van der Waals surface area contributed by atoms with Crippen molar-refractivity contribution in [2.75, 3.05) is 31.1 Å². The molecule has 1 amide bonds. The average Bonchev–Trinajstić information content (AvgIpc) is 2.68. The van der Waals surface area contributed by atoms with Gasteiger partial charge in [0.25, 0.3) is 17.3 Å². The van der Waals surface area contributed by atoms with E-state index < -0.39 is 32.2 Å². The first-order valence-electron chi connectivity index (χ1n) is 8.20. The van der Waals surface area contributed by atoms with Crippen LogP contribution in [0.15, 0.2) is 36.4 Å². The van der Waals surface area contributed by atoms with Gasteiger partial charge in [-0.1, -0.05) is 11.6 Å². The second-order valence-electron chi connectivity index (χ2n) is 6.10. The molecule has 1 heterocycles. The Morgan fingerprint density at radius 3 is 2.14 bits per heavy atom. The van der Waals surface area contributed by atoms with E-state index >= 15 is 0 Å². The van der Waals surface area contributed by atoms with Gasteiger partial charge in [-0.25, -0.2) is 4.39 Å². The number of rotatable bonds is 4. The van der Waals surface area contributed by atoms with Crippen molar-refractivity contribution in [2.24, 2.45) is 0 Å². The number of amides is 1. The van der Waals surface area contributed by atoms with Gasteiger partial charge < -0.3 is 9.80 Å². The van der Waals surface area contributed by atoms with Gasteiger partial charge in [0.1, 0.15) is 10.8 Å². The molecule has 0 saturated carbocycles. The minimum Gasteiger partial charge on any atom is -0.368 e. The number of nitrogens with zero attached hydrogens (tertiary/aromatic N) is 4. The molecule has 146 valence electrons. The van der Waals surface area contributed by atoms with Crippen molar-refractivity contribution in [1.29, 1.82) is 0 Å². The van der Waals surface area contributed by atoms with Crippen molar-refractivity contribution in [1.82, 2.24) is 4.90 Å². The Balaban J connectivity index is 1.80. The quantitative estimate of drug-likeness (QED) is 0.567. The largest absolute Gasteiger partial charge is 0.368 e. The highest BCUT2D eigenvalue weighted by molar-refractivity contribution is 6.36. The zero-order chi connectivity index (χ0) is 20.4. The van der Waals surface area contributed by atoms with E-state index in [0.717, 1.165) is 17.8 Å². The summed E-state index contributed by atoms with van der Waals surface area (Å²) in [5.74, 6) is -0.963. The minimum atomic E-state index is -0.863. The van der Waals surface area contributed by atoms with Crippen LogP contribution in [0.25, 0.3) is 0 Å². The Morgan fingerprint density at radius 2 is 1.61 bits per heavy atom. The van der Waals surface area contributed by atoms with Gasteiger partial charge in [-0.05, 0) is 24.3 Å². The number of carbonyl (C=O) groups excluding carboxylic acids is 1. The highest BCUT2D eigenvalue weighted by Crippen LogP contribution is 2.33. The molecule has 0 aliphatic carbocycles. The summed E-state index contributed by atoms with van der Waals surface area (Å²) >= 11 is 5.98. The van der Waals surface area contributed by atoms with Crippen LogP contribution in [0.2, 0.25) is 5.02 Å². The molecule has 0 radical (unpaired) electrons. The second-order valence-corrected chi connectivity index (χ2v) is 6.47. The molecular formula is C17H14ClFN4O5. The molecule has 0 aromatic heterocycles. The lowest BCUT2D eigenvalue weighted by atomic mass is 10.1. The summed E-state index contributed by atoms with van der Waals surface area (Å²) in [6, 6.07) is 7.63. The number of hydrogen-bond donors (Lipinski definition) is 0. The zero-order valence-electron chi connectivity index (χ0n) is 14.4. The van der Waals surface area contributed by atoms with Crippen molar-refractivity contribution in [2.45, 2.75) is 0 Å². The molecule has 0 atom stereocenters. The van der Waals surface area contributed by atoms with E-state index in [2.05, 4.69) is 0 Å². The number of nitro benzene ring substituents is 2. The number of carbonyl (C=O) groups is 1. The first-order chi connectivity index (χ1) is 13.3. The number of nitro groups is 2. The number of halogens is 2. The maximum atomic E-state index is 13.0. The van der Waals surface area contributed by atoms with Crippen LogP contribution in [0.3, 0.4) is 0 Å². The summed E-state index contributed by atoms with van der Waals surface area (Å²) in [4.78, 5) is 36.7. The predicted molar refractivity (Wildman–Crippen MR) is 99.3 cm³/mol. The van der Waals surface area contributed by atoms with Gasteiger partial charge in [0.2, 0.25) is 0 Å². The monoisotopic (exact) mass is 408 g/mol. The molecule has 1 fully saturated rings. The third kappa shape index (κ3) is 3.86. The van der Waals surface area contributed by atoms with E-state index in [4.69, 9.17) is 11.6 Å². The molecule has 3 rings (SSSR count). The molecule has 2 aromatic rings. The molecule has 1 saturated heterocycles. The van der Waals surface area contributed by atoms with Crippen LogP contribution in [0.4, 0.5) is 21.5 Å². The number of anilines is 1. The summed E-state index contributed by atoms with van der Waals surface area (Å²) < 4.78 is 13.0. The van der Waals surface area contributed by atoms with Crippen LogP contribution in [-0.4, -0.2) is 46.8 Å². The van der Waals surface area contributed by atoms with Crippen LogP contribution in [0, 0.1) is 26.0 Å². The minimum absolute atomic E-state index is 0.280. The molecule has 2 aromatic carbocycles. The smallest absolute Gasteiger partial charge is 0.295 e. The number of hydrogen-bond acceptors (Lipinski definition) is 6. The van der Waals surface area contributed by atoms with E-state index in [1.165, 1.54) is 17.0 Å². The van der Waals surface area contributed by atoms with Crippen molar-refractivity contribution >= 4 is 34.6 Å². The predicted octanol–water partition coefficient (Wildman–Crippen LogP) is 3.26. The Labute approximate surface area is 163 Å². The second kappa shape index (κ2) is 7.77. The van der Waals surface area contributed by atoms with E-state index in [1.54, 1.807) is 12.1 Å². The van der Waals surface area contributed by atoms with Crippen LogP contribution in [-0.2, 0) is 0 Å². The van der Waals surface area contributed by atoms with Crippen LogP contribution >= 0.6 is 11.6 Å². The van der Waals surface area contributed by atoms with Crippen LogP contribution in [0.5, 0.6) is 0 Å². The molecular weight excluding hydrogens is 395 g/mol. The summed E-state index contributed by atoms with van der Waals surface area (Å²) in [6.45, 7) is 1.46. The molecule has 1 aliphatic heterocycles. The van der Waals surface area contributed by atoms with E-state index in [9.17, 15) is 29.4 Å². The van der Waals surface area contributed by atoms with Gasteiger partial charge in [0, 0.05) is 37.9 Å². The molecule has 0 unspecified atom stereocenters. The van der Waals surface area contributed by atoms with Gasteiger partial charge in [-0.2, -0.15) is 0 Å². The van der Waals surface area contributed by atoms with Gasteiger partial charge in [-0.15, -0.1) is 0 Å². The molecule has 0 bridgehead atoms. The molecule has 9 nitrogen and oxygen atoms in total. The molecule has 0 N–H and O–H groups in total. The van der Waals surface area contributed by atoms with Crippen molar-refractivity contribution in [3.8, 4) is 0 Å². The SMILES string of the molecule is O=C(c1cc([N+](=O)[O-])cc([N+](=O)[O-])c1Cl)N1CCN(c2ccc(F)cc2)CC1. The third-order valence-electron chi connectivity index (χ3n) is 4.43. The lowest BCUT2D eigenvalue weighted by molar-refractivity contribution is -0.394. The number of piperazine rings is 1. The van der Waals surface area contributed by atoms with E-state index in [0.29, 0.717) is 13.1 Å². The highest BCUT2D eigenvalue weighted by Gasteiger charge is 2.30. The summed E-state index contributed by atoms with van der Waals surface area (Å²) in [5, 5.41) is 21.7. The summed E-state index contributed by atoms with van der Waals surface area (Å²) in [7, 11) is 0. The Bertz CT molecular complexity index is 945. The van der Waals surface area contributed by atoms with Gasteiger partial charge in [-0.3, -0.25) is 25.0 Å². The standard InChI is InChI=1S/C17H14ClFN4O5/c18-16-14(9-13(22(25)26)10-15(16)23(27)28)17(24)21-7-5-20(6-8-21)12-3-1-11(19)2-4-12/h1-4,9-10H,5-8H2. The molecule has 11 heteroatoms. The first kappa shape index (κ1) is 19.5. The topological polar surface area (TPSA) is 110 Å². The lowest BCUT2D eigenvalue weighted by Gasteiger charge is -2.36. The van der Waals surface area contributed by atoms with Crippen molar-refractivity contribution in [3.63, 3.8) is 0 Å². The Hall–Kier alpha value is -3.27. The van der Waals surface area contributed by atoms with E-state index in [-0.39, 0.29) is 24.5 Å². The Kier molecular flexibility index (Phi) is 5.41. The van der Waals surface area contributed by atoms with Crippen LogP contribution in [0.1, 0.15) is 10.4 Å². The fourth-order valence-corrected chi connectivity index (χ4v) is 3.24. The number of non-ortho nitro benzene ring substituents is 1. The third-order valence-corrected chi connectivity index (χ3v) is 4.83. The summed E-state index contributed by atoms with van der Waals surface area (Å²) in [5.41, 5.74) is -0.746. The lowest BCUT2D eigenvalue weighted by Crippen LogP contribution is -2.48. The summed E-state index contributed by atoms with van der Waals surface area (Å²) in [6.07, 6.45) is 0. The molecule has 1 aliphatic rings. The molecule has 28 heavy (non-hydrogen) atoms. The fraction of sp³-hybridized carbons (Fsp3) is 0.235. The van der Waals surface area contributed by atoms with Crippen LogP contribution < -0.4 is 4.90 Å². The van der Waals surface area contributed by atoms with Gasteiger partial charge in [0.05, 0.1) is 21.5 Å². The average molecular weight is 409 g/mol. The van der Waals surface area contributed by atoms with Crippen molar-refractivity contribution in [3.05, 3.63) is 73.0 Å². The maximum absolute atomic E-state index is 13.0. The fourth-order valence-electron chi connectivity index (χ4n) is 2.98. The first-order valence-corrected chi connectivity index (χ1v) is 8.58. The normalized spacial score (nSPS) is 14.1. The van der Waals surface area contributed by atoms with Gasteiger partial charge in [0.15, 0.2) is 0 Å². The highest BCUT2D eigenvalue weighted by atomic mass is 35.5. The zero-order valence-corrected chi connectivity index (χ0v) is 15.1.